The maximum absolute atomic E-state index is 13.2. The van der Waals surface area contributed by atoms with E-state index in [9.17, 15) is 13.2 Å². The van der Waals surface area contributed by atoms with E-state index in [0.29, 0.717) is 24.4 Å². The number of hydrogen-bond acceptors (Lipinski definition) is 5. The molecule has 1 aliphatic heterocycles. The number of sulfonamides is 1. The number of piperazine rings is 1. The van der Waals surface area contributed by atoms with Crippen molar-refractivity contribution in [2.75, 3.05) is 26.7 Å². The molecule has 0 radical (unpaired) electrons. The van der Waals surface area contributed by atoms with Gasteiger partial charge < -0.3 is 15.4 Å². The minimum Gasteiger partial charge on any atom is -0.497 e. The second-order valence-electron chi connectivity index (χ2n) is 7.64. The lowest BCUT2D eigenvalue weighted by Gasteiger charge is -2.33. The molecule has 1 saturated heterocycles. The first-order chi connectivity index (χ1) is 15.3. The highest BCUT2D eigenvalue weighted by atomic mass is 32.2. The Morgan fingerprint density at radius 1 is 1.03 bits per heavy atom. The van der Waals surface area contributed by atoms with E-state index < -0.39 is 10.0 Å². The molecule has 0 bridgehead atoms. The molecule has 3 aromatic rings. The smallest absolute Gasteiger partial charge is 0.243 e. The Morgan fingerprint density at radius 2 is 1.75 bits per heavy atom. The summed E-state index contributed by atoms with van der Waals surface area (Å²) in [5, 5.41) is 9.11. The van der Waals surface area contributed by atoms with Crippen LogP contribution in [0.4, 0.5) is 0 Å². The van der Waals surface area contributed by atoms with Crippen LogP contribution in [0.2, 0.25) is 0 Å². The van der Waals surface area contributed by atoms with Crippen LogP contribution in [0.3, 0.4) is 0 Å². The van der Waals surface area contributed by atoms with Gasteiger partial charge in [0, 0.05) is 25.2 Å². The number of ether oxygens (including phenoxy) is 1. The summed E-state index contributed by atoms with van der Waals surface area (Å²) in [4.78, 5) is 14.5. The van der Waals surface area contributed by atoms with Gasteiger partial charge in [0.1, 0.15) is 11.6 Å². The lowest BCUT2D eigenvalue weighted by molar-refractivity contribution is -0.134. The molecule has 1 aliphatic rings. The van der Waals surface area contributed by atoms with Crippen molar-refractivity contribution in [1.82, 2.24) is 9.21 Å². The van der Waals surface area contributed by atoms with Crippen LogP contribution >= 0.6 is 0 Å². The second-order valence-corrected chi connectivity index (χ2v) is 9.58. The number of fused-ring (bicyclic) bond motifs is 1. The van der Waals surface area contributed by atoms with Gasteiger partial charge in [0.05, 0.1) is 18.6 Å². The van der Waals surface area contributed by atoms with E-state index in [-0.39, 0.29) is 29.7 Å². The molecule has 1 heterocycles. The van der Waals surface area contributed by atoms with Crippen LogP contribution in [-0.4, -0.2) is 56.1 Å². The summed E-state index contributed by atoms with van der Waals surface area (Å²) in [6.07, 6.45) is 0. The second kappa shape index (κ2) is 8.60. The largest absolute Gasteiger partial charge is 0.497 e. The topological polar surface area (TPSA) is 117 Å². The Balaban J connectivity index is 1.49. The normalized spacial score (nSPS) is 15.2. The Labute approximate surface area is 186 Å². The number of nitrogens with zero attached hydrogens (tertiary/aromatic N) is 2. The fourth-order valence-electron chi connectivity index (χ4n) is 3.71. The summed E-state index contributed by atoms with van der Waals surface area (Å²) in [6, 6.07) is 17.5. The average Bonchev–Trinajstić information content (AvgIpc) is 2.79. The van der Waals surface area contributed by atoms with Gasteiger partial charge in [-0.2, -0.15) is 4.31 Å². The molecule has 0 aromatic heterocycles. The van der Waals surface area contributed by atoms with Crippen molar-refractivity contribution in [3.05, 3.63) is 71.8 Å². The first kappa shape index (κ1) is 21.8. The SMILES string of the molecule is COc1ccc2ccc(S(=O)(=O)N3CCN(Cc4ccc(C(=N)N)cc4)C(=O)C3)cc2c1. The lowest BCUT2D eigenvalue weighted by atomic mass is 10.1. The quantitative estimate of drug-likeness (QED) is 0.439. The van der Waals surface area contributed by atoms with Gasteiger partial charge in [0.15, 0.2) is 0 Å². The van der Waals surface area contributed by atoms with Crippen LogP contribution < -0.4 is 10.5 Å². The molecule has 3 N–H and O–H groups in total. The van der Waals surface area contributed by atoms with Crippen LogP contribution in [0, 0.1) is 5.41 Å². The first-order valence-electron chi connectivity index (χ1n) is 10.1. The number of nitrogen functional groups attached to an aromatic ring is 1. The van der Waals surface area contributed by atoms with Gasteiger partial charge in [-0.15, -0.1) is 0 Å². The van der Waals surface area contributed by atoms with Crippen LogP contribution in [0.15, 0.2) is 65.6 Å². The number of methoxy groups -OCH3 is 1. The molecule has 0 spiro atoms. The summed E-state index contributed by atoms with van der Waals surface area (Å²) in [5.74, 6) is 0.378. The number of carbonyl (C=O) groups excluding carboxylic acids is 1. The molecule has 1 amide bonds. The van der Waals surface area contributed by atoms with E-state index >= 15 is 0 Å². The molecule has 9 heteroatoms. The van der Waals surface area contributed by atoms with Crippen molar-refractivity contribution in [3.8, 4) is 5.75 Å². The number of rotatable bonds is 6. The van der Waals surface area contributed by atoms with Gasteiger partial charge in [-0.25, -0.2) is 8.42 Å². The molecular formula is C23H24N4O4S. The van der Waals surface area contributed by atoms with Gasteiger partial charge in [0.25, 0.3) is 0 Å². The van der Waals surface area contributed by atoms with Crippen LogP contribution in [0.5, 0.6) is 5.75 Å². The van der Waals surface area contributed by atoms with Gasteiger partial charge >= 0.3 is 0 Å². The molecule has 8 nitrogen and oxygen atoms in total. The molecule has 166 valence electrons. The summed E-state index contributed by atoms with van der Waals surface area (Å²) in [5.41, 5.74) is 6.98. The zero-order valence-electron chi connectivity index (χ0n) is 17.6. The third-order valence-electron chi connectivity index (χ3n) is 5.58. The number of amidine groups is 1. The highest BCUT2D eigenvalue weighted by Crippen LogP contribution is 2.26. The minimum absolute atomic E-state index is 0.0152. The zero-order valence-corrected chi connectivity index (χ0v) is 18.4. The van der Waals surface area contributed by atoms with Crippen LogP contribution in [0.25, 0.3) is 10.8 Å². The maximum Gasteiger partial charge on any atom is 0.243 e. The van der Waals surface area contributed by atoms with Crippen LogP contribution in [0.1, 0.15) is 11.1 Å². The molecule has 4 rings (SSSR count). The third-order valence-corrected chi connectivity index (χ3v) is 7.42. The Morgan fingerprint density at radius 3 is 2.41 bits per heavy atom. The predicted octanol–water partition coefficient (Wildman–Crippen LogP) is 2.17. The predicted molar refractivity (Wildman–Crippen MR) is 122 cm³/mol. The molecule has 0 atom stereocenters. The summed E-state index contributed by atoms with van der Waals surface area (Å²) in [7, 11) is -2.25. The van der Waals surface area contributed by atoms with E-state index in [1.54, 1.807) is 48.4 Å². The minimum atomic E-state index is -3.81. The van der Waals surface area contributed by atoms with E-state index in [1.807, 2.05) is 24.3 Å². The van der Waals surface area contributed by atoms with Crippen molar-refractivity contribution in [2.45, 2.75) is 11.4 Å². The summed E-state index contributed by atoms with van der Waals surface area (Å²) in [6.45, 7) is 0.689. The van der Waals surface area contributed by atoms with Gasteiger partial charge in [-0.1, -0.05) is 36.4 Å². The van der Waals surface area contributed by atoms with Crippen molar-refractivity contribution in [3.63, 3.8) is 0 Å². The fraction of sp³-hybridized carbons (Fsp3) is 0.217. The fourth-order valence-corrected chi connectivity index (χ4v) is 5.13. The molecule has 3 aromatic carbocycles. The van der Waals surface area contributed by atoms with E-state index in [4.69, 9.17) is 15.9 Å². The number of nitrogens with one attached hydrogen (secondary N) is 1. The highest BCUT2D eigenvalue weighted by Gasteiger charge is 2.33. The molecule has 0 unspecified atom stereocenters. The van der Waals surface area contributed by atoms with E-state index in [2.05, 4.69) is 0 Å². The van der Waals surface area contributed by atoms with E-state index in [1.165, 1.54) is 4.31 Å². The number of amides is 1. The third kappa shape index (κ3) is 4.30. The van der Waals surface area contributed by atoms with Crippen molar-refractivity contribution in [2.24, 2.45) is 5.73 Å². The molecule has 1 fully saturated rings. The highest BCUT2D eigenvalue weighted by molar-refractivity contribution is 7.89. The number of carbonyl (C=O) groups is 1. The van der Waals surface area contributed by atoms with Crippen LogP contribution in [-0.2, 0) is 21.4 Å². The number of hydrogen-bond donors (Lipinski definition) is 2. The maximum atomic E-state index is 13.2. The number of benzene rings is 3. The Bertz CT molecular complexity index is 1290. The standard InChI is InChI=1S/C23H24N4O4S/c1-31-20-8-6-17-7-9-21(13-19(17)12-20)32(29,30)27-11-10-26(22(28)15-27)14-16-2-4-18(5-3-16)23(24)25/h2-9,12-13H,10-11,14-15H2,1H3,(H3,24,25). The van der Waals surface area contributed by atoms with E-state index in [0.717, 1.165) is 16.3 Å². The summed E-state index contributed by atoms with van der Waals surface area (Å²) >= 11 is 0. The monoisotopic (exact) mass is 452 g/mol. The van der Waals surface area contributed by atoms with Gasteiger partial charge in [0.2, 0.25) is 15.9 Å². The zero-order chi connectivity index (χ0) is 22.9. The van der Waals surface area contributed by atoms with Gasteiger partial charge in [-0.3, -0.25) is 10.2 Å². The lowest BCUT2D eigenvalue weighted by Crippen LogP contribution is -2.51. The Kier molecular flexibility index (Phi) is 5.86. The molecule has 0 aliphatic carbocycles. The first-order valence-corrected chi connectivity index (χ1v) is 11.5. The Hall–Kier alpha value is -3.43. The summed E-state index contributed by atoms with van der Waals surface area (Å²) < 4.78 is 32.8. The van der Waals surface area contributed by atoms with Crippen molar-refractivity contribution in [1.29, 1.82) is 5.41 Å². The molecule has 32 heavy (non-hydrogen) atoms. The molecular weight excluding hydrogens is 428 g/mol. The van der Waals surface area contributed by atoms with Crippen molar-refractivity contribution < 1.29 is 17.9 Å². The van der Waals surface area contributed by atoms with Gasteiger partial charge in [-0.05, 0) is 40.6 Å². The molecule has 0 saturated carbocycles. The average molecular weight is 453 g/mol. The number of nitrogens with two attached hydrogens (primary N) is 1. The van der Waals surface area contributed by atoms with Crippen molar-refractivity contribution >= 4 is 32.5 Å².